The lowest BCUT2D eigenvalue weighted by Crippen LogP contribution is -2.09. The van der Waals surface area contributed by atoms with Gasteiger partial charge in [-0.25, -0.2) is 4.98 Å². The lowest BCUT2D eigenvalue weighted by atomic mass is 10.0. The molecule has 2 rings (SSSR count). The van der Waals surface area contributed by atoms with Gasteiger partial charge in [0, 0.05) is 16.5 Å². The van der Waals surface area contributed by atoms with Crippen molar-refractivity contribution in [2.75, 3.05) is 0 Å². The van der Waals surface area contributed by atoms with Gasteiger partial charge in [-0.05, 0) is 26.2 Å². The van der Waals surface area contributed by atoms with E-state index in [2.05, 4.69) is 23.8 Å². The number of H-pyrrole nitrogens is 1. The molecule has 0 unspecified atom stereocenters. The van der Waals surface area contributed by atoms with Gasteiger partial charge in [-0.2, -0.15) is 11.8 Å². The first-order valence-corrected chi connectivity index (χ1v) is 8.36. The van der Waals surface area contributed by atoms with Crippen molar-refractivity contribution in [2.45, 2.75) is 63.4 Å². The van der Waals surface area contributed by atoms with Crippen LogP contribution in [0.2, 0.25) is 0 Å². The maximum Gasteiger partial charge on any atom is 0.132 e. The Morgan fingerprint density at radius 1 is 1.33 bits per heavy atom. The van der Waals surface area contributed by atoms with Crippen molar-refractivity contribution >= 4 is 24.0 Å². The van der Waals surface area contributed by atoms with E-state index in [1.165, 1.54) is 37.8 Å². The smallest absolute Gasteiger partial charge is 0.132 e. The van der Waals surface area contributed by atoms with Crippen LogP contribution in [0.4, 0.5) is 0 Å². The second kappa shape index (κ2) is 6.71. The summed E-state index contributed by atoms with van der Waals surface area (Å²) in [5.74, 6) is 2.03. The van der Waals surface area contributed by atoms with Gasteiger partial charge < -0.3 is 4.98 Å². The highest BCUT2D eigenvalue weighted by molar-refractivity contribution is 7.99. The molecular formula is C14H22N2S2. The van der Waals surface area contributed by atoms with Crippen LogP contribution < -0.4 is 0 Å². The van der Waals surface area contributed by atoms with Crippen molar-refractivity contribution in [1.82, 2.24) is 9.97 Å². The second-order valence-corrected chi connectivity index (χ2v) is 6.69. The first kappa shape index (κ1) is 14.1. The highest BCUT2D eigenvalue weighted by atomic mass is 32.2. The fourth-order valence-corrected chi connectivity index (χ4v) is 3.91. The minimum absolute atomic E-state index is 0.768. The van der Waals surface area contributed by atoms with E-state index in [9.17, 15) is 0 Å². The number of thioether (sulfide) groups is 1. The average Bonchev–Trinajstić information content (AvgIpc) is 2.41. The number of aromatic amines is 1. The molecule has 1 aliphatic carbocycles. The zero-order valence-electron chi connectivity index (χ0n) is 11.3. The molecular weight excluding hydrogens is 260 g/mol. The standard InChI is InChI=1S/C14H22N2S2/c1-3-12-10(2)14(17)16-13(15-12)9-18-11-7-5-4-6-8-11/h11H,3-9H2,1-2H3,(H,15,16,17). The van der Waals surface area contributed by atoms with E-state index in [1.807, 2.05) is 11.8 Å². The summed E-state index contributed by atoms with van der Waals surface area (Å²) in [5, 5.41) is 0.828. The molecule has 100 valence electrons. The molecule has 18 heavy (non-hydrogen) atoms. The van der Waals surface area contributed by atoms with Gasteiger partial charge in [0.2, 0.25) is 0 Å². The molecule has 0 saturated heterocycles. The summed E-state index contributed by atoms with van der Waals surface area (Å²) in [6.45, 7) is 4.22. The Kier molecular flexibility index (Phi) is 5.25. The SMILES string of the molecule is CCc1[nH]c(CSC2CCCCC2)nc(=S)c1C. The third-order valence-corrected chi connectivity index (χ3v) is 5.45. The van der Waals surface area contributed by atoms with Gasteiger partial charge in [-0.1, -0.05) is 38.4 Å². The van der Waals surface area contributed by atoms with E-state index in [1.54, 1.807) is 0 Å². The maximum atomic E-state index is 5.32. The molecule has 1 N–H and O–H groups in total. The van der Waals surface area contributed by atoms with Crippen molar-refractivity contribution in [3.63, 3.8) is 0 Å². The van der Waals surface area contributed by atoms with Gasteiger partial charge in [0.05, 0.1) is 5.75 Å². The van der Waals surface area contributed by atoms with Crippen molar-refractivity contribution in [3.05, 3.63) is 21.7 Å². The molecule has 0 spiro atoms. The molecule has 0 amide bonds. The molecule has 1 aromatic heterocycles. The zero-order chi connectivity index (χ0) is 13.0. The van der Waals surface area contributed by atoms with Crippen LogP contribution in [0.25, 0.3) is 0 Å². The van der Waals surface area contributed by atoms with Crippen LogP contribution >= 0.6 is 24.0 Å². The van der Waals surface area contributed by atoms with Crippen molar-refractivity contribution in [1.29, 1.82) is 0 Å². The van der Waals surface area contributed by atoms with E-state index in [0.29, 0.717) is 0 Å². The fourth-order valence-electron chi connectivity index (χ4n) is 2.48. The normalized spacial score (nSPS) is 17.0. The molecule has 0 aliphatic heterocycles. The lowest BCUT2D eigenvalue weighted by molar-refractivity contribution is 0.516. The lowest BCUT2D eigenvalue weighted by Gasteiger charge is -2.20. The molecule has 1 saturated carbocycles. The highest BCUT2D eigenvalue weighted by Crippen LogP contribution is 2.29. The van der Waals surface area contributed by atoms with Crippen molar-refractivity contribution in [3.8, 4) is 0 Å². The van der Waals surface area contributed by atoms with Crippen LogP contribution in [0.3, 0.4) is 0 Å². The number of hydrogen-bond donors (Lipinski definition) is 1. The Bertz CT molecular complexity index is 448. The number of hydrogen-bond acceptors (Lipinski definition) is 3. The maximum absolute atomic E-state index is 5.32. The molecule has 2 nitrogen and oxygen atoms in total. The molecule has 0 radical (unpaired) electrons. The summed E-state index contributed by atoms with van der Waals surface area (Å²) in [6.07, 6.45) is 7.96. The van der Waals surface area contributed by atoms with E-state index < -0.39 is 0 Å². The van der Waals surface area contributed by atoms with E-state index in [0.717, 1.165) is 33.5 Å². The van der Waals surface area contributed by atoms with Gasteiger partial charge in [0.1, 0.15) is 10.5 Å². The van der Waals surface area contributed by atoms with E-state index in [4.69, 9.17) is 12.2 Å². The molecule has 1 aliphatic rings. The van der Waals surface area contributed by atoms with Gasteiger partial charge in [0.15, 0.2) is 0 Å². The predicted molar refractivity (Wildman–Crippen MR) is 81.7 cm³/mol. The van der Waals surface area contributed by atoms with Crippen LogP contribution in [0.15, 0.2) is 0 Å². The van der Waals surface area contributed by atoms with Crippen LogP contribution in [-0.2, 0) is 12.2 Å². The minimum atomic E-state index is 0.768. The van der Waals surface area contributed by atoms with E-state index in [-0.39, 0.29) is 0 Å². The highest BCUT2D eigenvalue weighted by Gasteiger charge is 2.14. The van der Waals surface area contributed by atoms with E-state index >= 15 is 0 Å². The topological polar surface area (TPSA) is 28.7 Å². The number of aryl methyl sites for hydroxylation is 1. The first-order valence-electron chi connectivity index (χ1n) is 6.91. The second-order valence-electron chi connectivity index (χ2n) is 5.02. The summed E-state index contributed by atoms with van der Waals surface area (Å²) in [5.41, 5.74) is 2.38. The molecule has 1 aromatic rings. The average molecular weight is 282 g/mol. The van der Waals surface area contributed by atoms with Crippen LogP contribution in [0.5, 0.6) is 0 Å². The Balaban J connectivity index is 2.00. The summed E-state index contributed by atoms with van der Waals surface area (Å²) in [7, 11) is 0. The predicted octanol–water partition coefficient (Wildman–Crippen LogP) is 4.58. The zero-order valence-corrected chi connectivity index (χ0v) is 12.9. The van der Waals surface area contributed by atoms with Gasteiger partial charge in [-0.3, -0.25) is 0 Å². The molecule has 1 fully saturated rings. The minimum Gasteiger partial charge on any atom is -0.346 e. The Morgan fingerprint density at radius 2 is 2.06 bits per heavy atom. The monoisotopic (exact) mass is 282 g/mol. The molecule has 0 bridgehead atoms. The third-order valence-electron chi connectivity index (χ3n) is 3.67. The van der Waals surface area contributed by atoms with Crippen molar-refractivity contribution < 1.29 is 0 Å². The summed E-state index contributed by atoms with van der Waals surface area (Å²) < 4.78 is 0.768. The largest absolute Gasteiger partial charge is 0.346 e. The number of nitrogens with one attached hydrogen (secondary N) is 1. The van der Waals surface area contributed by atoms with Crippen LogP contribution in [0.1, 0.15) is 56.1 Å². The summed E-state index contributed by atoms with van der Waals surface area (Å²) >= 11 is 7.37. The van der Waals surface area contributed by atoms with Crippen LogP contribution in [0, 0.1) is 11.6 Å². The van der Waals surface area contributed by atoms with Gasteiger partial charge in [0.25, 0.3) is 0 Å². The first-order chi connectivity index (χ1) is 8.70. The summed E-state index contributed by atoms with van der Waals surface area (Å²) in [4.78, 5) is 7.95. The van der Waals surface area contributed by atoms with Crippen molar-refractivity contribution in [2.24, 2.45) is 0 Å². The Hall–Kier alpha value is -0.350. The van der Waals surface area contributed by atoms with Gasteiger partial charge >= 0.3 is 0 Å². The molecule has 1 heterocycles. The third kappa shape index (κ3) is 3.58. The molecule has 4 heteroatoms. The number of rotatable bonds is 4. The van der Waals surface area contributed by atoms with Crippen LogP contribution in [-0.4, -0.2) is 15.2 Å². The summed E-state index contributed by atoms with van der Waals surface area (Å²) in [6, 6.07) is 0. The number of aromatic nitrogens is 2. The Labute approximate surface area is 119 Å². The molecule has 0 atom stereocenters. The Morgan fingerprint density at radius 3 is 2.72 bits per heavy atom. The number of nitrogens with zero attached hydrogens (tertiary/aromatic N) is 1. The quantitative estimate of drug-likeness (QED) is 0.820. The molecule has 0 aromatic carbocycles. The van der Waals surface area contributed by atoms with Gasteiger partial charge in [-0.15, -0.1) is 0 Å². The fraction of sp³-hybridized carbons (Fsp3) is 0.714.